The van der Waals surface area contributed by atoms with Crippen LogP contribution in [0.3, 0.4) is 0 Å². The van der Waals surface area contributed by atoms with Crippen molar-refractivity contribution in [2.24, 2.45) is 5.73 Å². The summed E-state index contributed by atoms with van der Waals surface area (Å²) in [5, 5.41) is 0. The van der Waals surface area contributed by atoms with Crippen molar-refractivity contribution >= 4 is 11.8 Å². The van der Waals surface area contributed by atoms with Crippen LogP contribution in [0.5, 0.6) is 0 Å². The second-order valence-corrected chi connectivity index (χ2v) is 3.99. The van der Waals surface area contributed by atoms with Crippen molar-refractivity contribution in [3.63, 3.8) is 0 Å². The van der Waals surface area contributed by atoms with E-state index in [-0.39, 0.29) is 18.7 Å². The molecule has 0 bridgehead atoms. The van der Waals surface area contributed by atoms with Gasteiger partial charge in [0.2, 0.25) is 0 Å². The zero-order valence-corrected chi connectivity index (χ0v) is 10.5. The minimum atomic E-state index is -4.65. The van der Waals surface area contributed by atoms with Crippen molar-refractivity contribution in [3.05, 3.63) is 35.1 Å². The Bertz CT molecular complexity index is 529. The summed E-state index contributed by atoms with van der Waals surface area (Å²) in [5.74, 6) is -3.33. The number of likely N-dealkylation sites (N-methyl/N-ethyl adjacent to an activating group) is 1. The highest BCUT2D eigenvalue weighted by Gasteiger charge is 2.31. The molecule has 2 N–H and O–H groups in total. The van der Waals surface area contributed by atoms with Crippen LogP contribution in [0.15, 0.2) is 18.2 Å². The fraction of sp³-hybridized carbons (Fsp3) is 0.333. The van der Waals surface area contributed by atoms with Crippen LogP contribution in [-0.2, 0) is 22.3 Å². The van der Waals surface area contributed by atoms with E-state index in [0.29, 0.717) is 12.1 Å². The predicted octanol–water partition coefficient (Wildman–Crippen LogP) is 1.68. The molecule has 0 aliphatic rings. The van der Waals surface area contributed by atoms with Gasteiger partial charge < -0.3 is 10.6 Å². The van der Waals surface area contributed by atoms with Gasteiger partial charge in [-0.05, 0) is 19.1 Å². The standard InChI is InChI=1S/C12H12F4N2O2/c1-2-18(11(20)10(17)19)6-7-3-4-8(5-9(7)13)12(14,15)16/h3-5H,2,6H2,1H3,(H2,17,19). The summed E-state index contributed by atoms with van der Waals surface area (Å²) < 4.78 is 50.7. The number of carbonyl (C=O) groups is 2. The van der Waals surface area contributed by atoms with Crippen LogP contribution in [0.2, 0.25) is 0 Å². The van der Waals surface area contributed by atoms with E-state index in [9.17, 15) is 27.2 Å². The molecule has 1 aromatic carbocycles. The summed E-state index contributed by atoms with van der Waals surface area (Å²) in [5.41, 5.74) is 3.56. The molecule has 0 spiro atoms. The molecule has 0 aliphatic heterocycles. The third-order valence-corrected chi connectivity index (χ3v) is 2.62. The smallest absolute Gasteiger partial charge is 0.361 e. The molecule has 4 nitrogen and oxygen atoms in total. The molecule has 0 atom stereocenters. The molecule has 0 saturated carbocycles. The summed E-state index contributed by atoms with van der Waals surface area (Å²) in [6, 6.07) is 1.98. The molecule has 0 heterocycles. The van der Waals surface area contributed by atoms with Crippen molar-refractivity contribution in [2.45, 2.75) is 19.6 Å². The number of hydrogen-bond acceptors (Lipinski definition) is 2. The lowest BCUT2D eigenvalue weighted by Crippen LogP contribution is -2.39. The molecular weight excluding hydrogens is 280 g/mol. The van der Waals surface area contributed by atoms with Gasteiger partial charge in [0.05, 0.1) is 5.56 Å². The molecule has 0 aromatic heterocycles. The number of primary amides is 1. The number of amides is 2. The molecule has 2 amide bonds. The van der Waals surface area contributed by atoms with E-state index in [1.807, 2.05) is 0 Å². The molecule has 0 saturated heterocycles. The summed E-state index contributed by atoms with van der Waals surface area (Å²) in [7, 11) is 0. The summed E-state index contributed by atoms with van der Waals surface area (Å²) in [6.07, 6.45) is -4.65. The van der Waals surface area contributed by atoms with Gasteiger partial charge in [-0.25, -0.2) is 4.39 Å². The number of rotatable bonds is 3. The number of benzene rings is 1. The number of alkyl halides is 3. The number of nitrogens with zero attached hydrogens (tertiary/aromatic N) is 1. The van der Waals surface area contributed by atoms with Crippen LogP contribution < -0.4 is 5.73 Å². The number of carbonyl (C=O) groups excluding carboxylic acids is 2. The van der Waals surface area contributed by atoms with Gasteiger partial charge in [0, 0.05) is 18.7 Å². The van der Waals surface area contributed by atoms with Crippen LogP contribution in [0.1, 0.15) is 18.1 Å². The monoisotopic (exact) mass is 292 g/mol. The van der Waals surface area contributed by atoms with Crippen LogP contribution in [0.4, 0.5) is 17.6 Å². The molecule has 0 unspecified atom stereocenters. The average molecular weight is 292 g/mol. The lowest BCUT2D eigenvalue weighted by molar-refractivity contribution is -0.144. The van der Waals surface area contributed by atoms with Gasteiger partial charge in [-0.1, -0.05) is 6.07 Å². The SMILES string of the molecule is CCN(Cc1ccc(C(F)(F)F)cc1F)C(=O)C(N)=O. The molecule has 1 rings (SSSR count). The zero-order chi connectivity index (χ0) is 15.5. The summed E-state index contributed by atoms with van der Waals surface area (Å²) >= 11 is 0. The van der Waals surface area contributed by atoms with Gasteiger partial charge in [0.25, 0.3) is 0 Å². The first-order valence-corrected chi connectivity index (χ1v) is 5.61. The maximum absolute atomic E-state index is 13.6. The first-order valence-electron chi connectivity index (χ1n) is 5.61. The molecular formula is C12H12F4N2O2. The van der Waals surface area contributed by atoms with Gasteiger partial charge in [0.15, 0.2) is 0 Å². The number of halogens is 4. The highest BCUT2D eigenvalue weighted by Crippen LogP contribution is 2.30. The maximum Gasteiger partial charge on any atom is 0.416 e. The van der Waals surface area contributed by atoms with E-state index in [1.165, 1.54) is 6.92 Å². The Kier molecular flexibility index (Phi) is 4.69. The normalized spacial score (nSPS) is 11.2. The number of nitrogens with two attached hydrogens (primary N) is 1. The van der Waals surface area contributed by atoms with E-state index >= 15 is 0 Å². The summed E-state index contributed by atoms with van der Waals surface area (Å²) in [4.78, 5) is 23.1. The third kappa shape index (κ3) is 3.69. The highest BCUT2D eigenvalue weighted by atomic mass is 19.4. The van der Waals surface area contributed by atoms with Crippen LogP contribution in [-0.4, -0.2) is 23.3 Å². The third-order valence-electron chi connectivity index (χ3n) is 2.62. The Hall–Kier alpha value is -2.12. The van der Waals surface area contributed by atoms with Crippen LogP contribution >= 0.6 is 0 Å². The molecule has 20 heavy (non-hydrogen) atoms. The van der Waals surface area contributed by atoms with Gasteiger partial charge in [0.1, 0.15) is 5.82 Å². The molecule has 110 valence electrons. The van der Waals surface area contributed by atoms with Gasteiger partial charge in [-0.2, -0.15) is 13.2 Å². The Labute approximate surface area is 112 Å². The second-order valence-electron chi connectivity index (χ2n) is 3.99. The zero-order valence-electron chi connectivity index (χ0n) is 10.5. The lowest BCUT2D eigenvalue weighted by Gasteiger charge is -2.19. The van der Waals surface area contributed by atoms with E-state index in [2.05, 4.69) is 0 Å². The first kappa shape index (κ1) is 15.9. The van der Waals surface area contributed by atoms with E-state index in [0.717, 1.165) is 11.0 Å². The molecule has 8 heteroatoms. The van der Waals surface area contributed by atoms with E-state index in [1.54, 1.807) is 0 Å². The Morgan fingerprint density at radius 3 is 2.30 bits per heavy atom. The van der Waals surface area contributed by atoms with Crippen molar-refractivity contribution in [3.8, 4) is 0 Å². The van der Waals surface area contributed by atoms with Crippen molar-refractivity contribution in [1.29, 1.82) is 0 Å². The van der Waals surface area contributed by atoms with Crippen LogP contribution in [0.25, 0.3) is 0 Å². The minimum Gasteiger partial charge on any atom is -0.361 e. The van der Waals surface area contributed by atoms with Gasteiger partial charge in [-0.15, -0.1) is 0 Å². The fourth-order valence-corrected chi connectivity index (χ4v) is 1.54. The summed E-state index contributed by atoms with van der Waals surface area (Å²) in [6.45, 7) is 1.27. The van der Waals surface area contributed by atoms with Crippen molar-refractivity contribution < 1.29 is 27.2 Å². The Balaban J connectivity index is 2.98. The largest absolute Gasteiger partial charge is 0.416 e. The lowest BCUT2D eigenvalue weighted by atomic mass is 10.1. The molecule has 1 aromatic rings. The van der Waals surface area contributed by atoms with Crippen molar-refractivity contribution in [2.75, 3.05) is 6.54 Å². The number of hydrogen-bond donors (Lipinski definition) is 1. The van der Waals surface area contributed by atoms with Crippen LogP contribution in [0, 0.1) is 5.82 Å². The van der Waals surface area contributed by atoms with E-state index in [4.69, 9.17) is 5.73 Å². The second kappa shape index (κ2) is 5.89. The average Bonchev–Trinajstić information content (AvgIpc) is 2.35. The topological polar surface area (TPSA) is 63.4 Å². The maximum atomic E-state index is 13.6. The van der Waals surface area contributed by atoms with Gasteiger partial charge in [-0.3, -0.25) is 9.59 Å². The Morgan fingerprint density at radius 2 is 1.90 bits per heavy atom. The van der Waals surface area contributed by atoms with Gasteiger partial charge >= 0.3 is 18.0 Å². The first-order chi connectivity index (χ1) is 9.16. The molecule has 0 fully saturated rings. The predicted molar refractivity (Wildman–Crippen MR) is 61.7 cm³/mol. The Morgan fingerprint density at radius 1 is 1.30 bits per heavy atom. The highest BCUT2D eigenvalue weighted by molar-refractivity contribution is 6.34. The quantitative estimate of drug-likeness (QED) is 0.680. The van der Waals surface area contributed by atoms with E-state index < -0.39 is 29.4 Å². The molecule has 0 radical (unpaired) electrons. The fourth-order valence-electron chi connectivity index (χ4n) is 1.54. The molecule has 0 aliphatic carbocycles. The van der Waals surface area contributed by atoms with Crippen molar-refractivity contribution in [1.82, 2.24) is 4.90 Å². The minimum absolute atomic E-state index is 0.0717.